The minimum atomic E-state index is 0.0259. The molecule has 5 heteroatoms. The van der Waals surface area contributed by atoms with Crippen LogP contribution in [0.3, 0.4) is 0 Å². The Hall–Kier alpha value is -1.36. The Morgan fingerprint density at radius 2 is 2.05 bits per heavy atom. The lowest BCUT2D eigenvalue weighted by Gasteiger charge is -2.12. The van der Waals surface area contributed by atoms with Crippen molar-refractivity contribution >= 4 is 5.91 Å². The van der Waals surface area contributed by atoms with Crippen molar-refractivity contribution in [2.45, 2.75) is 66.6 Å². The lowest BCUT2D eigenvalue weighted by Crippen LogP contribution is -2.35. The first kappa shape index (κ1) is 16.7. The van der Waals surface area contributed by atoms with E-state index in [1.165, 1.54) is 5.56 Å². The molecule has 0 saturated carbocycles. The van der Waals surface area contributed by atoms with Crippen molar-refractivity contribution in [1.82, 2.24) is 20.4 Å². The molecule has 0 aliphatic carbocycles. The zero-order valence-electron chi connectivity index (χ0n) is 13.4. The molecule has 1 amide bonds. The average molecular weight is 280 g/mol. The third kappa shape index (κ3) is 4.63. The molecule has 1 rings (SSSR count). The smallest absolute Gasteiger partial charge is 0.241 e. The van der Waals surface area contributed by atoms with Gasteiger partial charge in [-0.3, -0.25) is 9.48 Å². The molecule has 114 valence electrons. The molecular formula is C15H28N4O. The molecule has 0 aromatic carbocycles. The standard InChI is InChI=1S/C15H28N4O/c1-6-8-16-9-14-12(4)18-19(13(14)5)10-15(20)17-11(3)7-2/h11,16H,6-10H2,1-5H3,(H,17,20). The lowest BCUT2D eigenvalue weighted by atomic mass is 10.2. The fraction of sp³-hybridized carbons (Fsp3) is 0.733. The number of rotatable bonds is 8. The number of amides is 1. The van der Waals surface area contributed by atoms with Gasteiger partial charge >= 0.3 is 0 Å². The van der Waals surface area contributed by atoms with Gasteiger partial charge in [-0.25, -0.2) is 0 Å². The van der Waals surface area contributed by atoms with Gasteiger partial charge in [0.15, 0.2) is 0 Å². The summed E-state index contributed by atoms with van der Waals surface area (Å²) in [7, 11) is 0. The highest BCUT2D eigenvalue weighted by molar-refractivity contribution is 5.76. The summed E-state index contributed by atoms with van der Waals surface area (Å²) < 4.78 is 1.80. The predicted octanol–water partition coefficient (Wildman–Crippen LogP) is 1.91. The van der Waals surface area contributed by atoms with Crippen LogP contribution in [0, 0.1) is 13.8 Å². The number of aryl methyl sites for hydroxylation is 1. The Morgan fingerprint density at radius 1 is 1.35 bits per heavy atom. The van der Waals surface area contributed by atoms with Gasteiger partial charge in [-0.05, 0) is 40.2 Å². The quantitative estimate of drug-likeness (QED) is 0.715. The molecule has 5 nitrogen and oxygen atoms in total. The summed E-state index contributed by atoms with van der Waals surface area (Å²) in [6.07, 6.45) is 2.05. The molecule has 0 fully saturated rings. The largest absolute Gasteiger partial charge is 0.352 e. The first-order valence-corrected chi connectivity index (χ1v) is 7.52. The second-order valence-corrected chi connectivity index (χ2v) is 5.36. The summed E-state index contributed by atoms with van der Waals surface area (Å²) in [6, 6.07) is 0.213. The summed E-state index contributed by atoms with van der Waals surface area (Å²) in [5.41, 5.74) is 3.28. The number of nitrogens with zero attached hydrogens (tertiary/aromatic N) is 2. The number of nitrogens with one attached hydrogen (secondary N) is 2. The summed E-state index contributed by atoms with van der Waals surface area (Å²) in [4.78, 5) is 11.9. The van der Waals surface area contributed by atoms with Crippen molar-refractivity contribution in [2.75, 3.05) is 6.54 Å². The van der Waals surface area contributed by atoms with Gasteiger partial charge < -0.3 is 10.6 Å². The molecule has 20 heavy (non-hydrogen) atoms. The third-order valence-corrected chi connectivity index (χ3v) is 3.57. The Bertz CT molecular complexity index is 439. The maximum atomic E-state index is 11.9. The van der Waals surface area contributed by atoms with Crippen molar-refractivity contribution in [3.8, 4) is 0 Å². The average Bonchev–Trinajstić information content (AvgIpc) is 2.66. The molecule has 1 aromatic rings. The van der Waals surface area contributed by atoms with Crippen LogP contribution in [0.15, 0.2) is 0 Å². The monoisotopic (exact) mass is 280 g/mol. The van der Waals surface area contributed by atoms with Crippen LogP contribution in [0.4, 0.5) is 0 Å². The molecule has 0 spiro atoms. The Morgan fingerprint density at radius 3 is 2.65 bits per heavy atom. The Balaban J connectivity index is 2.67. The minimum absolute atomic E-state index is 0.0259. The topological polar surface area (TPSA) is 59.0 Å². The Labute approximate surface area is 122 Å². The number of carbonyl (C=O) groups is 1. The van der Waals surface area contributed by atoms with Gasteiger partial charge in [-0.1, -0.05) is 13.8 Å². The van der Waals surface area contributed by atoms with Crippen molar-refractivity contribution in [3.63, 3.8) is 0 Å². The molecule has 0 saturated heterocycles. The summed E-state index contributed by atoms with van der Waals surface area (Å²) >= 11 is 0. The highest BCUT2D eigenvalue weighted by atomic mass is 16.2. The predicted molar refractivity (Wildman–Crippen MR) is 81.6 cm³/mol. The maximum absolute atomic E-state index is 11.9. The number of hydrogen-bond donors (Lipinski definition) is 2. The van der Waals surface area contributed by atoms with Crippen LogP contribution >= 0.6 is 0 Å². The first-order valence-electron chi connectivity index (χ1n) is 7.52. The Kier molecular flexibility index (Phi) is 6.71. The fourth-order valence-electron chi connectivity index (χ4n) is 2.09. The second-order valence-electron chi connectivity index (χ2n) is 5.36. The molecule has 0 bridgehead atoms. The molecule has 0 aliphatic rings. The number of hydrogen-bond acceptors (Lipinski definition) is 3. The molecule has 1 unspecified atom stereocenters. The molecule has 0 radical (unpaired) electrons. The van der Waals surface area contributed by atoms with E-state index in [0.29, 0.717) is 6.54 Å². The van der Waals surface area contributed by atoms with E-state index < -0.39 is 0 Å². The summed E-state index contributed by atoms with van der Waals surface area (Å²) in [5.74, 6) is 0.0259. The minimum Gasteiger partial charge on any atom is -0.352 e. The van der Waals surface area contributed by atoms with Gasteiger partial charge in [-0.2, -0.15) is 5.10 Å². The van der Waals surface area contributed by atoms with Crippen LogP contribution in [0.1, 0.15) is 50.6 Å². The normalized spacial score (nSPS) is 12.4. The SMILES string of the molecule is CCCNCc1c(C)nn(CC(=O)NC(C)CC)c1C. The number of aromatic nitrogens is 2. The molecule has 1 atom stereocenters. The van der Waals surface area contributed by atoms with Gasteiger partial charge in [0.2, 0.25) is 5.91 Å². The van der Waals surface area contributed by atoms with Gasteiger partial charge in [-0.15, -0.1) is 0 Å². The zero-order valence-corrected chi connectivity index (χ0v) is 13.4. The van der Waals surface area contributed by atoms with E-state index in [0.717, 1.165) is 37.3 Å². The molecule has 1 heterocycles. The van der Waals surface area contributed by atoms with Crippen LogP contribution in [0.2, 0.25) is 0 Å². The third-order valence-electron chi connectivity index (χ3n) is 3.57. The molecule has 1 aromatic heterocycles. The molecular weight excluding hydrogens is 252 g/mol. The first-order chi connectivity index (χ1) is 9.49. The van der Waals surface area contributed by atoms with Gasteiger partial charge in [0, 0.05) is 23.8 Å². The van der Waals surface area contributed by atoms with Crippen LogP contribution in [-0.4, -0.2) is 28.3 Å². The number of carbonyl (C=O) groups excluding carboxylic acids is 1. The van der Waals surface area contributed by atoms with Crippen LogP contribution < -0.4 is 10.6 Å². The van der Waals surface area contributed by atoms with Gasteiger partial charge in [0.1, 0.15) is 6.54 Å². The van der Waals surface area contributed by atoms with E-state index in [2.05, 4.69) is 29.6 Å². The lowest BCUT2D eigenvalue weighted by molar-refractivity contribution is -0.122. The van der Waals surface area contributed by atoms with E-state index in [4.69, 9.17) is 0 Å². The van der Waals surface area contributed by atoms with E-state index >= 15 is 0 Å². The summed E-state index contributed by atoms with van der Waals surface area (Å²) in [5, 5.41) is 10.8. The maximum Gasteiger partial charge on any atom is 0.241 e. The second kappa shape index (κ2) is 8.04. The van der Waals surface area contributed by atoms with E-state index in [1.54, 1.807) is 4.68 Å². The van der Waals surface area contributed by atoms with Crippen molar-refractivity contribution in [1.29, 1.82) is 0 Å². The van der Waals surface area contributed by atoms with Crippen molar-refractivity contribution in [3.05, 3.63) is 17.0 Å². The molecule has 2 N–H and O–H groups in total. The highest BCUT2D eigenvalue weighted by Crippen LogP contribution is 2.12. The van der Waals surface area contributed by atoms with Crippen molar-refractivity contribution < 1.29 is 4.79 Å². The van der Waals surface area contributed by atoms with Gasteiger partial charge in [0.25, 0.3) is 0 Å². The van der Waals surface area contributed by atoms with Crippen LogP contribution in [-0.2, 0) is 17.9 Å². The van der Waals surface area contributed by atoms with E-state index in [9.17, 15) is 4.79 Å². The van der Waals surface area contributed by atoms with E-state index in [1.807, 2.05) is 20.8 Å². The molecule has 0 aliphatic heterocycles. The zero-order chi connectivity index (χ0) is 15.1. The fourth-order valence-corrected chi connectivity index (χ4v) is 2.09. The van der Waals surface area contributed by atoms with E-state index in [-0.39, 0.29) is 11.9 Å². The van der Waals surface area contributed by atoms with Crippen LogP contribution in [0.25, 0.3) is 0 Å². The van der Waals surface area contributed by atoms with Gasteiger partial charge in [0.05, 0.1) is 5.69 Å². The highest BCUT2D eigenvalue weighted by Gasteiger charge is 2.14. The summed E-state index contributed by atoms with van der Waals surface area (Å²) in [6.45, 7) is 12.4. The van der Waals surface area contributed by atoms with Crippen LogP contribution in [0.5, 0.6) is 0 Å². The van der Waals surface area contributed by atoms with Crippen molar-refractivity contribution in [2.24, 2.45) is 0 Å².